The Morgan fingerprint density at radius 3 is 2.59 bits per heavy atom. The molecule has 2 aromatic rings. The van der Waals surface area contributed by atoms with Crippen LogP contribution in [-0.4, -0.2) is 59.9 Å². The number of carbonyl (C=O) groups excluding carboxylic acids is 3. The van der Waals surface area contributed by atoms with Crippen molar-refractivity contribution in [1.29, 1.82) is 0 Å². The summed E-state index contributed by atoms with van der Waals surface area (Å²) in [6.45, 7) is 5.03. The third-order valence-electron chi connectivity index (χ3n) is 6.44. The zero-order valence-electron chi connectivity index (χ0n) is 18.8. The Balaban J connectivity index is 1.38. The Morgan fingerprint density at radius 1 is 1.12 bits per heavy atom. The van der Waals surface area contributed by atoms with Crippen LogP contribution in [0.5, 0.6) is 5.75 Å². The van der Waals surface area contributed by atoms with Crippen molar-refractivity contribution in [3.8, 4) is 5.75 Å². The third kappa shape index (κ3) is 3.95. The van der Waals surface area contributed by atoms with Crippen molar-refractivity contribution in [3.63, 3.8) is 0 Å². The minimum absolute atomic E-state index is 0.00847. The molecule has 0 radical (unpaired) electrons. The summed E-state index contributed by atoms with van der Waals surface area (Å²) in [4.78, 5) is 43.7. The predicted molar refractivity (Wildman–Crippen MR) is 122 cm³/mol. The number of fused-ring (bicyclic) bond motifs is 3. The largest absolute Gasteiger partial charge is 0.492 e. The number of hydrogen-bond acceptors (Lipinski definition) is 4. The normalized spacial score (nSPS) is 19.6. The van der Waals surface area contributed by atoms with Crippen molar-refractivity contribution in [2.45, 2.75) is 38.8 Å². The van der Waals surface area contributed by atoms with Crippen LogP contribution in [0.15, 0.2) is 48.5 Å². The minimum atomic E-state index is -0.740. The van der Waals surface area contributed by atoms with Crippen molar-refractivity contribution >= 4 is 23.4 Å². The van der Waals surface area contributed by atoms with Gasteiger partial charge in [0, 0.05) is 26.4 Å². The number of aryl methyl sites for hydroxylation is 1. The number of rotatable bonds is 7. The number of anilines is 1. The zero-order chi connectivity index (χ0) is 22.9. The zero-order valence-corrected chi connectivity index (χ0v) is 18.8. The average Bonchev–Trinajstić information content (AvgIpc) is 3.09. The maximum absolute atomic E-state index is 13.2. The summed E-state index contributed by atoms with van der Waals surface area (Å²) in [5.74, 6) is 0.581. The van der Waals surface area contributed by atoms with E-state index in [1.54, 1.807) is 33.9 Å². The number of carbonyl (C=O) groups is 3. The van der Waals surface area contributed by atoms with Gasteiger partial charge in [-0.1, -0.05) is 29.8 Å². The summed E-state index contributed by atoms with van der Waals surface area (Å²) in [5, 5.41) is 0. The second kappa shape index (κ2) is 8.65. The molecule has 0 aromatic heterocycles. The van der Waals surface area contributed by atoms with Crippen molar-refractivity contribution < 1.29 is 19.1 Å². The summed E-state index contributed by atoms with van der Waals surface area (Å²) in [6, 6.07) is 15.0. The minimum Gasteiger partial charge on any atom is -0.492 e. The first kappa shape index (κ1) is 21.9. The van der Waals surface area contributed by atoms with Gasteiger partial charge < -0.3 is 14.5 Å². The van der Waals surface area contributed by atoms with Crippen LogP contribution >= 0.6 is 0 Å². The van der Waals surface area contributed by atoms with Gasteiger partial charge in [-0.15, -0.1) is 0 Å². The monoisotopic (exact) mass is 435 g/mol. The standard InChI is InChI=1S/C25H29N3O4/c1-18-8-10-19(11-9-18)32-17-16-26(3)22(29)13-15-27-24(31)20-6-4-5-7-21(20)28-23(30)12-14-25(27,28)2/h4-11H,12-17H2,1-3H3. The molecule has 4 rings (SSSR count). The van der Waals surface area contributed by atoms with Crippen LogP contribution in [0.25, 0.3) is 0 Å². The molecule has 2 aromatic carbocycles. The van der Waals surface area contributed by atoms with Gasteiger partial charge in [-0.25, -0.2) is 0 Å². The molecule has 2 aliphatic heterocycles. The van der Waals surface area contributed by atoms with Gasteiger partial charge in [-0.3, -0.25) is 19.3 Å². The SMILES string of the molecule is Cc1ccc(OCCN(C)C(=O)CCN2C(=O)c3ccccc3N3C(=O)CCC23C)cc1. The Morgan fingerprint density at radius 2 is 1.84 bits per heavy atom. The van der Waals surface area contributed by atoms with Gasteiger partial charge in [0.05, 0.1) is 17.8 Å². The fourth-order valence-electron chi connectivity index (χ4n) is 4.50. The fourth-order valence-corrected chi connectivity index (χ4v) is 4.50. The highest BCUT2D eigenvalue weighted by atomic mass is 16.5. The maximum atomic E-state index is 13.2. The highest BCUT2D eigenvalue weighted by Crippen LogP contribution is 2.43. The summed E-state index contributed by atoms with van der Waals surface area (Å²) < 4.78 is 5.71. The first-order chi connectivity index (χ1) is 15.3. The molecule has 1 unspecified atom stereocenters. The van der Waals surface area contributed by atoms with Crippen LogP contribution in [0.3, 0.4) is 0 Å². The van der Waals surface area contributed by atoms with Crippen molar-refractivity contribution in [1.82, 2.24) is 9.80 Å². The fraction of sp³-hybridized carbons (Fsp3) is 0.400. The number of nitrogens with zero attached hydrogens (tertiary/aromatic N) is 3. The van der Waals surface area contributed by atoms with Crippen molar-refractivity contribution in [2.75, 3.05) is 31.6 Å². The molecule has 0 bridgehead atoms. The maximum Gasteiger partial charge on any atom is 0.257 e. The highest BCUT2D eigenvalue weighted by Gasteiger charge is 2.52. The molecule has 1 atom stereocenters. The third-order valence-corrected chi connectivity index (χ3v) is 6.44. The van der Waals surface area contributed by atoms with E-state index in [0.717, 1.165) is 11.3 Å². The molecule has 7 nitrogen and oxygen atoms in total. The van der Waals surface area contributed by atoms with Gasteiger partial charge in [0.1, 0.15) is 18.0 Å². The predicted octanol–water partition coefficient (Wildman–Crippen LogP) is 3.22. The van der Waals surface area contributed by atoms with E-state index in [1.807, 2.05) is 50.2 Å². The number of hydrogen-bond donors (Lipinski definition) is 0. The van der Waals surface area contributed by atoms with Crippen LogP contribution in [0.4, 0.5) is 5.69 Å². The summed E-state index contributed by atoms with van der Waals surface area (Å²) in [5.41, 5.74) is 1.59. The molecule has 2 heterocycles. The molecule has 0 saturated carbocycles. The second-order valence-corrected chi connectivity index (χ2v) is 8.65. The lowest BCUT2D eigenvalue weighted by Gasteiger charge is -2.48. The molecule has 32 heavy (non-hydrogen) atoms. The number of likely N-dealkylation sites (N-methyl/N-ethyl adjacent to an activating group) is 1. The molecule has 0 spiro atoms. The van der Waals surface area contributed by atoms with E-state index in [0.29, 0.717) is 37.2 Å². The Hall–Kier alpha value is -3.35. The molecule has 1 fully saturated rings. The molecule has 3 amide bonds. The molecule has 2 aliphatic rings. The smallest absolute Gasteiger partial charge is 0.257 e. The van der Waals surface area contributed by atoms with E-state index < -0.39 is 5.66 Å². The Bertz CT molecular complexity index is 1040. The van der Waals surface area contributed by atoms with Gasteiger partial charge in [0.15, 0.2) is 0 Å². The Kier molecular flexibility index (Phi) is 5.91. The lowest BCUT2D eigenvalue weighted by molar-refractivity contribution is -0.130. The van der Waals surface area contributed by atoms with Crippen molar-refractivity contribution in [3.05, 3.63) is 59.7 Å². The molecule has 1 saturated heterocycles. The van der Waals surface area contributed by atoms with Gasteiger partial charge >= 0.3 is 0 Å². The van der Waals surface area contributed by atoms with Crippen LogP contribution in [0.1, 0.15) is 42.1 Å². The second-order valence-electron chi connectivity index (χ2n) is 8.65. The molecule has 7 heteroatoms. The van der Waals surface area contributed by atoms with Gasteiger partial charge in [0.25, 0.3) is 5.91 Å². The van der Waals surface area contributed by atoms with E-state index in [1.165, 1.54) is 0 Å². The van der Waals surface area contributed by atoms with E-state index in [4.69, 9.17) is 4.74 Å². The van der Waals surface area contributed by atoms with E-state index in [-0.39, 0.29) is 30.7 Å². The van der Waals surface area contributed by atoms with Gasteiger partial charge in [-0.05, 0) is 44.5 Å². The van der Waals surface area contributed by atoms with Crippen molar-refractivity contribution in [2.24, 2.45) is 0 Å². The van der Waals surface area contributed by atoms with E-state index >= 15 is 0 Å². The topological polar surface area (TPSA) is 70.2 Å². The molecular weight excluding hydrogens is 406 g/mol. The Labute approximate surface area is 188 Å². The first-order valence-electron chi connectivity index (χ1n) is 11.0. The summed E-state index contributed by atoms with van der Waals surface area (Å²) in [7, 11) is 1.74. The number of amides is 3. The van der Waals surface area contributed by atoms with Gasteiger partial charge in [0.2, 0.25) is 11.8 Å². The van der Waals surface area contributed by atoms with Crippen LogP contribution in [0, 0.1) is 6.92 Å². The number of para-hydroxylation sites is 1. The molecule has 0 aliphatic carbocycles. The molecule has 168 valence electrons. The summed E-state index contributed by atoms with van der Waals surface area (Å²) >= 11 is 0. The van der Waals surface area contributed by atoms with E-state index in [2.05, 4.69) is 0 Å². The number of ether oxygens (including phenoxy) is 1. The van der Waals surface area contributed by atoms with Crippen LogP contribution in [-0.2, 0) is 9.59 Å². The lowest BCUT2D eigenvalue weighted by Crippen LogP contribution is -2.62. The van der Waals surface area contributed by atoms with Crippen LogP contribution < -0.4 is 9.64 Å². The number of benzene rings is 2. The van der Waals surface area contributed by atoms with Crippen LogP contribution in [0.2, 0.25) is 0 Å². The molecule has 0 N–H and O–H groups in total. The lowest BCUT2D eigenvalue weighted by atomic mass is 9.98. The first-order valence-corrected chi connectivity index (χ1v) is 11.0. The summed E-state index contributed by atoms with van der Waals surface area (Å²) in [6.07, 6.45) is 1.13. The van der Waals surface area contributed by atoms with Gasteiger partial charge in [-0.2, -0.15) is 0 Å². The average molecular weight is 436 g/mol. The quantitative estimate of drug-likeness (QED) is 0.670. The molecular formula is C25H29N3O4. The van der Waals surface area contributed by atoms with E-state index in [9.17, 15) is 14.4 Å². The highest BCUT2D eigenvalue weighted by molar-refractivity contribution is 6.10.